The number of carboxylic acids is 1. The van der Waals surface area contributed by atoms with Crippen LogP contribution in [0.5, 0.6) is 0 Å². The Hall–Kier alpha value is -3.44. The Morgan fingerprint density at radius 1 is 0.889 bits per heavy atom. The predicted molar refractivity (Wildman–Crippen MR) is 138 cm³/mol. The Balaban J connectivity index is 2.59. The molecule has 0 radical (unpaired) electrons. The summed E-state index contributed by atoms with van der Waals surface area (Å²) < 4.78 is 0. The Bertz CT molecular complexity index is 849. The maximum Gasteiger partial charge on any atom is 0.303 e. The molecule has 0 aliphatic rings. The summed E-state index contributed by atoms with van der Waals surface area (Å²) in [4.78, 5) is 47.6. The Kier molecular flexibility index (Phi) is 15.2. The van der Waals surface area contributed by atoms with Crippen molar-refractivity contribution in [1.82, 2.24) is 21.3 Å². The van der Waals surface area contributed by atoms with Crippen LogP contribution in [-0.2, 0) is 25.6 Å². The summed E-state index contributed by atoms with van der Waals surface area (Å²) in [5.74, 6) is -1.90. The van der Waals surface area contributed by atoms with E-state index in [4.69, 9.17) is 16.6 Å². The lowest BCUT2D eigenvalue weighted by atomic mass is 10.0. The summed E-state index contributed by atoms with van der Waals surface area (Å²) in [5, 5.41) is 19.9. The molecule has 0 heterocycles. The van der Waals surface area contributed by atoms with Crippen molar-refractivity contribution < 1.29 is 24.3 Å². The van der Waals surface area contributed by atoms with Gasteiger partial charge in [0.25, 0.3) is 0 Å². The van der Waals surface area contributed by atoms with Gasteiger partial charge in [0.2, 0.25) is 17.7 Å². The first kappa shape index (κ1) is 30.6. The zero-order chi connectivity index (χ0) is 26.8. The van der Waals surface area contributed by atoms with Gasteiger partial charge in [0.15, 0.2) is 0 Å². The zero-order valence-electron chi connectivity index (χ0n) is 20.8. The molecule has 200 valence electrons. The van der Waals surface area contributed by atoms with Crippen LogP contribution in [0.4, 0.5) is 0 Å². The van der Waals surface area contributed by atoms with Gasteiger partial charge in [-0.3, -0.25) is 19.2 Å². The smallest absolute Gasteiger partial charge is 0.303 e. The van der Waals surface area contributed by atoms with Crippen LogP contribution in [0.15, 0.2) is 42.6 Å². The van der Waals surface area contributed by atoms with Gasteiger partial charge in [0.05, 0.1) is 19.1 Å². The van der Waals surface area contributed by atoms with Crippen LogP contribution < -0.4 is 32.7 Å². The number of aliphatic carboxylic acids is 1. The molecule has 0 aromatic heterocycles. The average Bonchev–Trinajstić information content (AvgIpc) is 2.86. The van der Waals surface area contributed by atoms with Crippen LogP contribution in [0.25, 0.3) is 0 Å². The second kappa shape index (κ2) is 17.9. The Labute approximate surface area is 212 Å². The van der Waals surface area contributed by atoms with Crippen molar-refractivity contribution in [2.45, 2.75) is 57.0 Å². The molecule has 0 saturated carbocycles. The number of hydrogen-bond donors (Lipinski definition) is 7. The fourth-order valence-corrected chi connectivity index (χ4v) is 3.43. The summed E-state index contributed by atoms with van der Waals surface area (Å²) in [6, 6.07) is 8.31. The molecule has 3 amide bonds. The summed E-state index contributed by atoms with van der Waals surface area (Å²) in [6.07, 6.45) is 3.39. The second-order valence-corrected chi connectivity index (χ2v) is 8.44. The van der Waals surface area contributed by atoms with Crippen LogP contribution in [0, 0.1) is 0 Å². The van der Waals surface area contributed by atoms with E-state index in [0.717, 1.165) is 5.56 Å². The number of carbonyl (C=O) groups excluding carboxylic acids is 3. The third kappa shape index (κ3) is 13.4. The van der Waals surface area contributed by atoms with Gasteiger partial charge < -0.3 is 37.8 Å². The average molecular weight is 505 g/mol. The first-order valence-corrected chi connectivity index (χ1v) is 12.2. The number of rotatable bonds is 19. The highest BCUT2D eigenvalue weighted by molar-refractivity contribution is 5.88. The minimum absolute atomic E-state index is 0.101. The Morgan fingerprint density at radius 3 is 2.22 bits per heavy atom. The van der Waals surface area contributed by atoms with E-state index in [1.807, 2.05) is 30.3 Å². The predicted octanol–water partition coefficient (Wildman–Crippen LogP) is -0.239. The van der Waals surface area contributed by atoms with Crippen molar-refractivity contribution >= 4 is 23.7 Å². The van der Waals surface area contributed by atoms with Gasteiger partial charge in [-0.05, 0) is 44.2 Å². The molecule has 0 saturated heterocycles. The van der Waals surface area contributed by atoms with Gasteiger partial charge in [-0.1, -0.05) is 43.3 Å². The number of amides is 3. The molecule has 2 atom stereocenters. The van der Waals surface area contributed by atoms with Gasteiger partial charge in [0.1, 0.15) is 6.04 Å². The lowest BCUT2D eigenvalue weighted by molar-refractivity contribution is -0.137. The molecule has 0 aliphatic heterocycles. The zero-order valence-corrected chi connectivity index (χ0v) is 20.8. The molecule has 2 unspecified atom stereocenters. The molecule has 1 aromatic carbocycles. The number of benzene rings is 1. The van der Waals surface area contributed by atoms with Crippen LogP contribution in [0.3, 0.4) is 0 Å². The van der Waals surface area contributed by atoms with Crippen molar-refractivity contribution in [3.05, 3.63) is 48.2 Å². The van der Waals surface area contributed by atoms with Gasteiger partial charge in [-0.2, -0.15) is 0 Å². The summed E-state index contributed by atoms with van der Waals surface area (Å²) in [7, 11) is 0. The van der Waals surface area contributed by atoms with Gasteiger partial charge in [-0.25, -0.2) is 0 Å². The first-order chi connectivity index (χ1) is 17.3. The summed E-state index contributed by atoms with van der Waals surface area (Å²) in [5.41, 5.74) is 12.4. The second-order valence-electron chi connectivity index (χ2n) is 8.44. The molecule has 1 rings (SSSR count). The van der Waals surface area contributed by atoms with Crippen LogP contribution >= 0.6 is 0 Å². The van der Waals surface area contributed by atoms with Gasteiger partial charge in [-0.15, -0.1) is 0 Å². The molecule has 0 bridgehead atoms. The van der Waals surface area contributed by atoms with Crippen LogP contribution in [0.1, 0.15) is 44.1 Å². The molecule has 36 heavy (non-hydrogen) atoms. The SMILES string of the molecule is C=C(NCC(=O)NC(CCCN)C(=O)NCCCCCC(=O)O)C(Cc1ccccc1)NC(=O)CN. The van der Waals surface area contributed by atoms with Crippen molar-refractivity contribution in [3.8, 4) is 0 Å². The number of carboxylic acid groups (broad SMARTS) is 1. The number of hydrogen-bond acceptors (Lipinski definition) is 7. The molecule has 0 spiro atoms. The number of nitrogens with one attached hydrogen (secondary N) is 4. The lowest BCUT2D eigenvalue weighted by Crippen LogP contribution is -2.50. The van der Waals surface area contributed by atoms with E-state index in [0.29, 0.717) is 57.3 Å². The van der Waals surface area contributed by atoms with Crippen LogP contribution in [0.2, 0.25) is 0 Å². The van der Waals surface area contributed by atoms with E-state index in [-0.39, 0.29) is 31.3 Å². The van der Waals surface area contributed by atoms with Gasteiger partial charge >= 0.3 is 5.97 Å². The van der Waals surface area contributed by atoms with E-state index in [1.54, 1.807) is 0 Å². The maximum absolute atomic E-state index is 12.6. The maximum atomic E-state index is 12.6. The van der Waals surface area contributed by atoms with Crippen LogP contribution in [-0.4, -0.2) is 67.1 Å². The fourth-order valence-electron chi connectivity index (χ4n) is 3.43. The number of nitrogens with two attached hydrogens (primary N) is 2. The van der Waals surface area contributed by atoms with Crippen molar-refractivity contribution in [3.63, 3.8) is 0 Å². The van der Waals surface area contributed by atoms with E-state index < -0.39 is 24.0 Å². The standard InChI is InChI=1S/C25H40N6O5/c1-18(21(31-22(32)16-27)15-19-9-4-2-5-10-19)29-17-23(33)30-20(11-8-13-26)25(36)28-14-7-3-6-12-24(34)35/h2,4-5,9-10,20-21,29H,1,3,6-8,11-17,26-27H2,(H,28,36)(H,30,33)(H,31,32)(H,34,35). The number of carbonyl (C=O) groups is 4. The summed E-state index contributed by atoms with van der Waals surface area (Å²) >= 11 is 0. The lowest BCUT2D eigenvalue weighted by Gasteiger charge is -2.23. The normalized spacial score (nSPS) is 12.2. The van der Waals surface area contributed by atoms with Crippen molar-refractivity contribution in [2.24, 2.45) is 11.5 Å². The minimum Gasteiger partial charge on any atom is -0.481 e. The highest BCUT2D eigenvalue weighted by Gasteiger charge is 2.21. The van der Waals surface area contributed by atoms with Crippen molar-refractivity contribution in [2.75, 3.05) is 26.2 Å². The quantitative estimate of drug-likeness (QED) is 0.126. The van der Waals surface area contributed by atoms with E-state index in [1.165, 1.54) is 0 Å². The van der Waals surface area contributed by atoms with Crippen molar-refractivity contribution in [1.29, 1.82) is 0 Å². The molecule has 9 N–H and O–H groups in total. The van der Waals surface area contributed by atoms with E-state index in [9.17, 15) is 19.2 Å². The molecule has 1 aromatic rings. The van der Waals surface area contributed by atoms with E-state index in [2.05, 4.69) is 27.8 Å². The third-order valence-electron chi connectivity index (χ3n) is 5.42. The van der Waals surface area contributed by atoms with E-state index >= 15 is 0 Å². The molecular formula is C25H40N6O5. The Morgan fingerprint density at radius 2 is 1.58 bits per heavy atom. The molecule has 0 aliphatic carbocycles. The molecule has 11 heteroatoms. The largest absolute Gasteiger partial charge is 0.481 e. The molecular weight excluding hydrogens is 464 g/mol. The minimum atomic E-state index is -0.840. The number of unbranched alkanes of at least 4 members (excludes halogenated alkanes) is 2. The van der Waals surface area contributed by atoms with Gasteiger partial charge in [0, 0.05) is 18.7 Å². The highest BCUT2D eigenvalue weighted by Crippen LogP contribution is 2.08. The molecule has 0 fully saturated rings. The topological polar surface area (TPSA) is 189 Å². The third-order valence-corrected chi connectivity index (χ3v) is 5.42. The molecule has 11 nitrogen and oxygen atoms in total. The monoisotopic (exact) mass is 504 g/mol. The fraction of sp³-hybridized carbons (Fsp3) is 0.520. The highest BCUT2D eigenvalue weighted by atomic mass is 16.4. The summed E-state index contributed by atoms with van der Waals surface area (Å²) in [6.45, 7) is 4.44. The first-order valence-electron chi connectivity index (χ1n) is 12.2.